The molecule has 2 fully saturated rings. The molecule has 2 aromatic carbocycles. The largest absolute Gasteiger partial charge is 0.323 e. The van der Waals surface area contributed by atoms with E-state index in [9.17, 15) is 14.4 Å². The van der Waals surface area contributed by atoms with Gasteiger partial charge in [0.1, 0.15) is 6.04 Å². The number of hydrogen-bond donors (Lipinski definition) is 0. The Morgan fingerprint density at radius 2 is 1.79 bits per heavy atom. The molecule has 2 aliphatic rings. The highest BCUT2D eigenvalue weighted by molar-refractivity contribution is 6.23. The number of anilines is 1. The molecule has 6 heteroatoms. The summed E-state index contributed by atoms with van der Waals surface area (Å²) in [4.78, 5) is 41.7. The number of carbonyl (C=O) groups is 3. The van der Waals surface area contributed by atoms with Gasteiger partial charge in [-0.05, 0) is 55.7 Å². The summed E-state index contributed by atoms with van der Waals surface area (Å²) in [7, 11) is 0. The molecule has 0 bridgehead atoms. The summed E-state index contributed by atoms with van der Waals surface area (Å²) in [6, 6.07) is 14.8. The molecule has 6 nitrogen and oxygen atoms in total. The van der Waals surface area contributed by atoms with E-state index in [0.29, 0.717) is 16.8 Å². The van der Waals surface area contributed by atoms with Gasteiger partial charge in [0, 0.05) is 11.6 Å². The van der Waals surface area contributed by atoms with Crippen molar-refractivity contribution < 1.29 is 14.4 Å². The van der Waals surface area contributed by atoms with Crippen molar-refractivity contribution in [2.75, 3.05) is 4.90 Å². The fourth-order valence-electron chi connectivity index (χ4n) is 3.66. The Hall–Kier alpha value is -3.46. The monoisotopic (exact) mass is 373 g/mol. The van der Waals surface area contributed by atoms with Gasteiger partial charge in [-0.25, -0.2) is 4.90 Å². The van der Waals surface area contributed by atoms with Crippen LogP contribution in [0.15, 0.2) is 48.5 Å². The molecule has 2 aromatic rings. The number of nitrogens with zero attached hydrogens (tertiary/aromatic N) is 3. The summed E-state index contributed by atoms with van der Waals surface area (Å²) in [6.45, 7) is 1.86. The van der Waals surface area contributed by atoms with Gasteiger partial charge in [0.25, 0.3) is 11.8 Å². The normalized spacial score (nSPS) is 18.9. The highest BCUT2D eigenvalue weighted by atomic mass is 16.2. The Morgan fingerprint density at radius 1 is 1.11 bits per heavy atom. The quantitative estimate of drug-likeness (QED) is 0.772. The van der Waals surface area contributed by atoms with Crippen molar-refractivity contribution in [2.45, 2.75) is 38.3 Å². The van der Waals surface area contributed by atoms with E-state index in [1.165, 1.54) is 0 Å². The van der Waals surface area contributed by atoms with Crippen molar-refractivity contribution in [2.24, 2.45) is 0 Å². The second kappa shape index (κ2) is 6.93. The molecule has 1 aliphatic heterocycles. The smallest absolute Gasteiger partial charge is 0.257 e. The van der Waals surface area contributed by atoms with Crippen LogP contribution in [0, 0.1) is 18.3 Å². The first-order chi connectivity index (χ1) is 13.5. The third-order valence-electron chi connectivity index (χ3n) is 5.26. The standard InChI is InChI=1S/C22H19N3O3/c1-14-4-2-3-5-18(14)21(27)24(16-10-11-16)19-12-20(26)25(22(19)28)17-8-6-15(13-23)7-9-17/h2-9,16,19H,10-12H2,1H3. The third-order valence-corrected chi connectivity index (χ3v) is 5.26. The van der Waals surface area contributed by atoms with E-state index in [-0.39, 0.29) is 30.2 Å². The van der Waals surface area contributed by atoms with Gasteiger partial charge in [-0.2, -0.15) is 5.26 Å². The zero-order valence-corrected chi connectivity index (χ0v) is 15.5. The van der Waals surface area contributed by atoms with Crippen LogP contribution in [0.2, 0.25) is 0 Å². The van der Waals surface area contributed by atoms with E-state index in [1.807, 2.05) is 25.1 Å². The molecule has 1 unspecified atom stereocenters. The zero-order valence-electron chi connectivity index (χ0n) is 15.5. The maximum absolute atomic E-state index is 13.2. The first kappa shape index (κ1) is 17.9. The van der Waals surface area contributed by atoms with Gasteiger partial charge >= 0.3 is 0 Å². The molecule has 4 rings (SSSR count). The number of carbonyl (C=O) groups excluding carboxylic acids is 3. The molecule has 0 N–H and O–H groups in total. The Morgan fingerprint density at radius 3 is 2.39 bits per heavy atom. The molecular weight excluding hydrogens is 354 g/mol. The minimum Gasteiger partial charge on any atom is -0.323 e. The van der Waals surface area contributed by atoms with Gasteiger partial charge in [-0.3, -0.25) is 14.4 Å². The number of amides is 3. The van der Waals surface area contributed by atoms with Crippen LogP contribution in [0.4, 0.5) is 5.69 Å². The molecule has 1 atom stereocenters. The average molecular weight is 373 g/mol. The summed E-state index contributed by atoms with van der Waals surface area (Å²) in [6.07, 6.45) is 1.66. The van der Waals surface area contributed by atoms with Crippen molar-refractivity contribution in [3.63, 3.8) is 0 Å². The summed E-state index contributed by atoms with van der Waals surface area (Å²) >= 11 is 0. The van der Waals surface area contributed by atoms with Gasteiger partial charge < -0.3 is 4.90 Å². The van der Waals surface area contributed by atoms with Crippen LogP contribution < -0.4 is 4.90 Å². The van der Waals surface area contributed by atoms with Crippen LogP contribution in [-0.2, 0) is 9.59 Å². The maximum Gasteiger partial charge on any atom is 0.257 e. The molecule has 1 aliphatic carbocycles. The van der Waals surface area contributed by atoms with Crippen LogP contribution in [0.25, 0.3) is 0 Å². The molecule has 1 heterocycles. The summed E-state index contributed by atoms with van der Waals surface area (Å²) in [5.74, 6) is -0.917. The van der Waals surface area contributed by atoms with E-state index in [4.69, 9.17) is 5.26 Å². The number of nitriles is 1. The second-order valence-electron chi connectivity index (χ2n) is 7.20. The molecule has 28 heavy (non-hydrogen) atoms. The molecule has 3 amide bonds. The lowest BCUT2D eigenvalue weighted by molar-refractivity contribution is -0.122. The summed E-state index contributed by atoms with van der Waals surface area (Å²) in [5, 5.41) is 8.93. The van der Waals surface area contributed by atoms with Crippen LogP contribution in [0.5, 0.6) is 0 Å². The van der Waals surface area contributed by atoms with E-state index < -0.39 is 6.04 Å². The average Bonchev–Trinajstić information content (AvgIpc) is 3.48. The number of hydrogen-bond acceptors (Lipinski definition) is 4. The van der Waals surface area contributed by atoms with Crippen molar-refractivity contribution in [1.82, 2.24) is 4.90 Å². The fourth-order valence-corrected chi connectivity index (χ4v) is 3.66. The third kappa shape index (κ3) is 3.05. The van der Waals surface area contributed by atoms with E-state index in [1.54, 1.807) is 41.3 Å². The number of aryl methyl sites for hydroxylation is 1. The van der Waals surface area contributed by atoms with Gasteiger partial charge in [-0.15, -0.1) is 0 Å². The van der Waals surface area contributed by atoms with E-state index in [0.717, 1.165) is 23.3 Å². The Labute approximate surface area is 163 Å². The molecule has 0 aromatic heterocycles. The van der Waals surface area contributed by atoms with E-state index in [2.05, 4.69) is 0 Å². The lowest BCUT2D eigenvalue weighted by Gasteiger charge is -2.28. The van der Waals surface area contributed by atoms with Crippen molar-refractivity contribution in [1.29, 1.82) is 5.26 Å². The predicted molar refractivity (Wildman–Crippen MR) is 102 cm³/mol. The topological polar surface area (TPSA) is 81.5 Å². The zero-order chi connectivity index (χ0) is 19.8. The first-order valence-electron chi connectivity index (χ1n) is 9.26. The van der Waals surface area contributed by atoms with Gasteiger partial charge in [0.2, 0.25) is 5.91 Å². The van der Waals surface area contributed by atoms with Crippen LogP contribution >= 0.6 is 0 Å². The molecule has 0 spiro atoms. The first-order valence-corrected chi connectivity index (χ1v) is 9.26. The maximum atomic E-state index is 13.2. The van der Waals surface area contributed by atoms with Crippen molar-refractivity contribution >= 4 is 23.4 Å². The summed E-state index contributed by atoms with van der Waals surface area (Å²) < 4.78 is 0. The fraction of sp³-hybridized carbons (Fsp3) is 0.273. The van der Waals surface area contributed by atoms with Gasteiger partial charge in [-0.1, -0.05) is 18.2 Å². The van der Waals surface area contributed by atoms with Gasteiger partial charge in [0.15, 0.2) is 0 Å². The summed E-state index contributed by atoms with van der Waals surface area (Å²) in [5.41, 5.74) is 2.29. The molecular formula is C22H19N3O3. The van der Waals surface area contributed by atoms with E-state index >= 15 is 0 Å². The molecule has 1 saturated carbocycles. The second-order valence-corrected chi connectivity index (χ2v) is 7.20. The van der Waals surface area contributed by atoms with Crippen molar-refractivity contribution in [3.8, 4) is 6.07 Å². The number of benzene rings is 2. The highest BCUT2D eigenvalue weighted by Crippen LogP contribution is 2.35. The van der Waals surface area contributed by atoms with Crippen LogP contribution in [-0.4, -0.2) is 34.7 Å². The highest BCUT2D eigenvalue weighted by Gasteiger charge is 2.49. The lowest BCUT2D eigenvalue weighted by Crippen LogP contribution is -2.47. The molecule has 0 radical (unpaired) electrons. The van der Waals surface area contributed by atoms with Crippen LogP contribution in [0.3, 0.4) is 0 Å². The Bertz CT molecular complexity index is 1000. The number of rotatable bonds is 4. The minimum atomic E-state index is -0.789. The van der Waals surface area contributed by atoms with Crippen molar-refractivity contribution in [3.05, 3.63) is 65.2 Å². The Kier molecular flexibility index (Phi) is 4.44. The van der Waals surface area contributed by atoms with Gasteiger partial charge in [0.05, 0.1) is 23.7 Å². The molecule has 1 saturated heterocycles. The Balaban J connectivity index is 1.64. The lowest BCUT2D eigenvalue weighted by atomic mass is 10.1. The molecule has 140 valence electrons. The SMILES string of the molecule is Cc1ccccc1C(=O)N(C1CC1)C1CC(=O)N(c2ccc(C#N)cc2)C1=O. The predicted octanol–water partition coefficient (Wildman–Crippen LogP) is 2.80. The number of imide groups is 1. The minimum absolute atomic E-state index is 0.00484. The van der Waals surface area contributed by atoms with Crippen LogP contribution in [0.1, 0.15) is 40.7 Å².